The van der Waals surface area contributed by atoms with Crippen LogP contribution in [0.2, 0.25) is 0 Å². The lowest BCUT2D eigenvalue weighted by molar-refractivity contribution is 0.315. The SMILES string of the molecule is Cc1ncnc(C)c1CN1CCC(CN)C1. The molecule has 0 spiro atoms. The second kappa shape index (κ2) is 4.89. The molecule has 0 aromatic carbocycles. The van der Waals surface area contributed by atoms with Gasteiger partial charge in [0, 0.05) is 30.0 Å². The Balaban J connectivity index is 2.04. The highest BCUT2D eigenvalue weighted by Gasteiger charge is 2.22. The molecule has 0 bridgehead atoms. The van der Waals surface area contributed by atoms with E-state index in [-0.39, 0.29) is 0 Å². The largest absolute Gasteiger partial charge is 0.330 e. The van der Waals surface area contributed by atoms with Crippen molar-refractivity contribution in [3.05, 3.63) is 23.3 Å². The second-order valence-corrected chi connectivity index (χ2v) is 4.65. The molecule has 1 aromatic heterocycles. The first-order chi connectivity index (χ1) is 7.70. The average molecular weight is 220 g/mol. The number of aromatic nitrogens is 2. The van der Waals surface area contributed by atoms with Gasteiger partial charge in [-0.1, -0.05) is 0 Å². The molecule has 1 fully saturated rings. The first kappa shape index (κ1) is 11.5. The van der Waals surface area contributed by atoms with Crippen molar-refractivity contribution in [3.63, 3.8) is 0 Å². The van der Waals surface area contributed by atoms with E-state index in [1.807, 2.05) is 0 Å². The van der Waals surface area contributed by atoms with E-state index in [0.717, 1.165) is 37.6 Å². The first-order valence-corrected chi connectivity index (χ1v) is 5.90. The van der Waals surface area contributed by atoms with E-state index < -0.39 is 0 Å². The zero-order valence-electron chi connectivity index (χ0n) is 10.1. The zero-order valence-corrected chi connectivity index (χ0v) is 10.1. The number of nitrogens with two attached hydrogens (primary N) is 1. The highest BCUT2D eigenvalue weighted by Crippen LogP contribution is 2.19. The van der Waals surface area contributed by atoms with Gasteiger partial charge >= 0.3 is 0 Å². The summed E-state index contributed by atoms with van der Waals surface area (Å²) in [6, 6.07) is 0. The van der Waals surface area contributed by atoms with Crippen molar-refractivity contribution in [2.75, 3.05) is 19.6 Å². The van der Waals surface area contributed by atoms with Crippen LogP contribution in [-0.2, 0) is 6.54 Å². The molecule has 1 aliphatic heterocycles. The van der Waals surface area contributed by atoms with Crippen LogP contribution in [0.15, 0.2) is 6.33 Å². The number of aryl methyl sites for hydroxylation is 2. The van der Waals surface area contributed by atoms with Gasteiger partial charge in [0.25, 0.3) is 0 Å². The molecule has 16 heavy (non-hydrogen) atoms. The monoisotopic (exact) mass is 220 g/mol. The summed E-state index contributed by atoms with van der Waals surface area (Å²) in [5, 5.41) is 0. The molecular weight excluding hydrogens is 200 g/mol. The summed E-state index contributed by atoms with van der Waals surface area (Å²) in [6.45, 7) is 8.15. The Bertz CT molecular complexity index is 344. The molecular formula is C12H20N4. The van der Waals surface area contributed by atoms with Crippen LogP contribution in [0.5, 0.6) is 0 Å². The van der Waals surface area contributed by atoms with Crippen molar-refractivity contribution >= 4 is 0 Å². The van der Waals surface area contributed by atoms with Gasteiger partial charge in [0.15, 0.2) is 0 Å². The molecule has 1 aromatic rings. The molecule has 0 aliphatic carbocycles. The lowest BCUT2D eigenvalue weighted by Crippen LogP contribution is -2.24. The maximum atomic E-state index is 5.70. The van der Waals surface area contributed by atoms with Crippen LogP contribution in [-0.4, -0.2) is 34.5 Å². The predicted molar refractivity (Wildman–Crippen MR) is 63.9 cm³/mol. The molecule has 1 atom stereocenters. The fraction of sp³-hybridized carbons (Fsp3) is 0.667. The third kappa shape index (κ3) is 2.39. The zero-order chi connectivity index (χ0) is 11.5. The Morgan fingerprint density at radius 2 is 2.06 bits per heavy atom. The number of rotatable bonds is 3. The van der Waals surface area contributed by atoms with Gasteiger partial charge in [-0.15, -0.1) is 0 Å². The molecule has 0 radical (unpaired) electrons. The third-order valence-corrected chi connectivity index (χ3v) is 3.46. The van der Waals surface area contributed by atoms with Crippen molar-refractivity contribution in [1.82, 2.24) is 14.9 Å². The molecule has 2 N–H and O–H groups in total. The number of hydrogen-bond donors (Lipinski definition) is 1. The summed E-state index contributed by atoms with van der Waals surface area (Å²) in [5.74, 6) is 0.672. The van der Waals surface area contributed by atoms with Gasteiger partial charge in [-0.25, -0.2) is 9.97 Å². The van der Waals surface area contributed by atoms with E-state index in [0.29, 0.717) is 5.92 Å². The van der Waals surface area contributed by atoms with Gasteiger partial charge in [0.2, 0.25) is 0 Å². The normalized spacial score (nSPS) is 21.6. The Hall–Kier alpha value is -1.00. The van der Waals surface area contributed by atoms with E-state index in [2.05, 4.69) is 28.7 Å². The summed E-state index contributed by atoms with van der Waals surface area (Å²) < 4.78 is 0. The maximum Gasteiger partial charge on any atom is 0.115 e. The third-order valence-electron chi connectivity index (χ3n) is 3.46. The molecule has 2 rings (SSSR count). The van der Waals surface area contributed by atoms with Crippen molar-refractivity contribution in [3.8, 4) is 0 Å². The fourth-order valence-electron chi connectivity index (χ4n) is 2.32. The summed E-state index contributed by atoms with van der Waals surface area (Å²) >= 11 is 0. The van der Waals surface area contributed by atoms with E-state index in [1.54, 1.807) is 6.33 Å². The predicted octanol–water partition coefficient (Wildman–Crippen LogP) is 0.874. The quantitative estimate of drug-likeness (QED) is 0.821. The number of nitrogens with zero attached hydrogens (tertiary/aromatic N) is 3. The van der Waals surface area contributed by atoms with Gasteiger partial charge in [-0.3, -0.25) is 4.90 Å². The molecule has 88 valence electrons. The van der Waals surface area contributed by atoms with Crippen molar-refractivity contribution in [2.45, 2.75) is 26.8 Å². The van der Waals surface area contributed by atoms with Gasteiger partial charge in [0.05, 0.1) is 0 Å². The van der Waals surface area contributed by atoms with Crippen LogP contribution in [0, 0.1) is 19.8 Å². The Kier molecular flexibility index (Phi) is 3.51. The summed E-state index contributed by atoms with van der Waals surface area (Å²) in [7, 11) is 0. The Morgan fingerprint density at radius 1 is 1.38 bits per heavy atom. The smallest absolute Gasteiger partial charge is 0.115 e. The second-order valence-electron chi connectivity index (χ2n) is 4.65. The van der Waals surface area contributed by atoms with Crippen LogP contribution in [0.25, 0.3) is 0 Å². The molecule has 4 heteroatoms. The highest BCUT2D eigenvalue weighted by atomic mass is 15.1. The standard InChI is InChI=1S/C12H20N4/c1-9-12(10(2)15-8-14-9)7-16-4-3-11(5-13)6-16/h8,11H,3-7,13H2,1-2H3. The highest BCUT2D eigenvalue weighted by molar-refractivity contribution is 5.22. The molecule has 1 aliphatic rings. The lowest BCUT2D eigenvalue weighted by Gasteiger charge is -2.17. The van der Waals surface area contributed by atoms with Crippen LogP contribution >= 0.6 is 0 Å². The van der Waals surface area contributed by atoms with Gasteiger partial charge in [-0.05, 0) is 39.3 Å². The van der Waals surface area contributed by atoms with E-state index in [1.165, 1.54) is 12.0 Å². The molecule has 0 amide bonds. The fourth-order valence-corrected chi connectivity index (χ4v) is 2.32. The van der Waals surface area contributed by atoms with Crippen LogP contribution < -0.4 is 5.73 Å². The molecule has 1 unspecified atom stereocenters. The number of hydrogen-bond acceptors (Lipinski definition) is 4. The molecule has 0 saturated carbocycles. The van der Waals surface area contributed by atoms with Crippen molar-refractivity contribution in [1.29, 1.82) is 0 Å². The topological polar surface area (TPSA) is 55.0 Å². The van der Waals surface area contributed by atoms with Gasteiger partial charge in [-0.2, -0.15) is 0 Å². The van der Waals surface area contributed by atoms with E-state index in [4.69, 9.17) is 5.73 Å². The van der Waals surface area contributed by atoms with Crippen LogP contribution in [0.1, 0.15) is 23.4 Å². The summed E-state index contributed by atoms with van der Waals surface area (Å²) in [5.41, 5.74) is 9.18. The molecule has 4 nitrogen and oxygen atoms in total. The van der Waals surface area contributed by atoms with Gasteiger partial charge < -0.3 is 5.73 Å². The number of likely N-dealkylation sites (tertiary alicyclic amines) is 1. The van der Waals surface area contributed by atoms with E-state index in [9.17, 15) is 0 Å². The lowest BCUT2D eigenvalue weighted by atomic mass is 10.1. The minimum Gasteiger partial charge on any atom is -0.330 e. The van der Waals surface area contributed by atoms with Crippen molar-refractivity contribution in [2.24, 2.45) is 11.7 Å². The minimum atomic E-state index is 0.672. The summed E-state index contributed by atoms with van der Waals surface area (Å²) in [6.07, 6.45) is 2.86. The summed E-state index contributed by atoms with van der Waals surface area (Å²) in [4.78, 5) is 11.0. The molecule has 1 saturated heterocycles. The van der Waals surface area contributed by atoms with E-state index >= 15 is 0 Å². The average Bonchev–Trinajstić information content (AvgIpc) is 2.71. The van der Waals surface area contributed by atoms with Crippen LogP contribution in [0.3, 0.4) is 0 Å². The van der Waals surface area contributed by atoms with Crippen LogP contribution in [0.4, 0.5) is 0 Å². The van der Waals surface area contributed by atoms with Gasteiger partial charge in [0.1, 0.15) is 6.33 Å². The van der Waals surface area contributed by atoms with Crippen molar-refractivity contribution < 1.29 is 0 Å². The maximum absolute atomic E-state index is 5.70. The Morgan fingerprint density at radius 3 is 2.62 bits per heavy atom. The molecule has 2 heterocycles. The first-order valence-electron chi connectivity index (χ1n) is 5.90. The Labute approximate surface area is 96.9 Å². The minimum absolute atomic E-state index is 0.672.